The number of nitrogens with one attached hydrogen (secondary N) is 2. The highest BCUT2D eigenvalue weighted by molar-refractivity contribution is 14.0. The lowest BCUT2D eigenvalue weighted by atomic mass is 10.1. The van der Waals surface area contributed by atoms with Crippen molar-refractivity contribution in [3.8, 4) is 0 Å². The quantitative estimate of drug-likeness (QED) is 0.342. The van der Waals surface area contributed by atoms with Crippen molar-refractivity contribution in [2.45, 2.75) is 46.0 Å². The Bertz CT molecular complexity index is 827. The van der Waals surface area contributed by atoms with Crippen molar-refractivity contribution < 1.29 is 9.53 Å². The van der Waals surface area contributed by atoms with Gasteiger partial charge in [-0.05, 0) is 31.9 Å². The number of aryl methyl sites for hydroxylation is 1. The fraction of sp³-hybridized carbons (Fsp3) is 0.476. The molecule has 0 saturated heterocycles. The summed E-state index contributed by atoms with van der Waals surface area (Å²) in [6, 6.07) is 8.12. The van der Waals surface area contributed by atoms with E-state index in [1.165, 1.54) is 0 Å². The van der Waals surface area contributed by atoms with E-state index >= 15 is 0 Å². The van der Waals surface area contributed by atoms with Gasteiger partial charge >= 0.3 is 6.09 Å². The number of ether oxygens (including phenoxy) is 1. The number of nitrogens with zero attached hydrogens (tertiary/aromatic N) is 4. The molecule has 0 unspecified atom stereocenters. The zero-order valence-corrected chi connectivity index (χ0v) is 20.9. The van der Waals surface area contributed by atoms with E-state index in [9.17, 15) is 4.79 Å². The molecule has 0 spiro atoms. The van der Waals surface area contributed by atoms with E-state index in [2.05, 4.69) is 20.7 Å². The van der Waals surface area contributed by atoms with E-state index < -0.39 is 5.60 Å². The van der Waals surface area contributed by atoms with Gasteiger partial charge in [-0.2, -0.15) is 5.10 Å². The summed E-state index contributed by atoms with van der Waals surface area (Å²) < 4.78 is 7.15. The molecule has 8 nitrogen and oxygen atoms in total. The van der Waals surface area contributed by atoms with Gasteiger partial charge in [-0.1, -0.05) is 24.3 Å². The number of halogens is 1. The Morgan fingerprint density at radius 3 is 2.20 bits per heavy atom. The minimum absolute atomic E-state index is 0. The number of rotatable bonds is 6. The number of aromatic nitrogens is 2. The van der Waals surface area contributed by atoms with E-state index in [1.54, 1.807) is 23.7 Å². The van der Waals surface area contributed by atoms with Gasteiger partial charge in [-0.25, -0.2) is 4.79 Å². The van der Waals surface area contributed by atoms with Crippen LogP contribution in [0.1, 0.15) is 37.5 Å². The summed E-state index contributed by atoms with van der Waals surface area (Å²) in [6.45, 7) is 7.38. The first-order chi connectivity index (χ1) is 13.7. The van der Waals surface area contributed by atoms with Gasteiger partial charge in [0.15, 0.2) is 5.96 Å². The van der Waals surface area contributed by atoms with Crippen molar-refractivity contribution in [1.82, 2.24) is 25.3 Å². The topological polar surface area (TPSA) is 83.8 Å². The van der Waals surface area contributed by atoms with Crippen LogP contribution in [0.15, 0.2) is 41.7 Å². The van der Waals surface area contributed by atoms with Crippen LogP contribution in [-0.2, 0) is 31.4 Å². The van der Waals surface area contributed by atoms with Crippen LogP contribution >= 0.6 is 24.0 Å². The predicted octanol–water partition coefficient (Wildman–Crippen LogP) is 3.27. The molecule has 30 heavy (non-hydrogen) atoms. The normalized spacial score (nSPS) is 11.5. The number of amides is 1. The lowest BCUT2D eigenvalue weighted by molar-refractivity contribution is 0.0285. The minimum atomic E-state index is -0.496. The number of carbonyl (C=O) groups excluding carboxylic acids is 1. The van der Waals surface area contributed by atoms with Crippen LogP contribution < -0.4 is 10.6 Å². The summed E-state index contributed by atoms with van der Waals surface area (Å²) >= 11 is 0. The first kappa shape index (κ1) is 25.7. The number of guanidine groups is 1. The standard InChI is InChI=1S/C21H32N6O2.HI/c1-21(2,3)29-20(28)26(5)14-17-9-7-16(8-10-17)11-23-19(22-4)24-12-18-13-25-27(6)15-18;/h7-10,13,15H,11-12,14H2,1-6H3,(H2,22,23,24);1H. The summed E-state index contributed by atoms with van der Waals surface area (Å²) in [7, 11) is 5.38. The van der Waals surface area contributed by atoms with Crippen molar-refractivity contribution in [3.05, 3.63) is 53.3 Å². The second-order valence-electron chi connectivity index (χ2n) is 7.95. The van der Waals surface area contributed by atoms with Gasteiger partial charge in [0.2, 0.25) is 0 Å². The average molecular weight is 528 g/mol. The molecule has 0 bridgehead atoms. The van der Waals surface area contributed by atoms with Crippen LogP contribution in [0.25, 0.3) is 0 Å². The summed E-state index contributed by atoms with van der Waals surface area (Å²) in [5.74, 6) is 0.725. The molecule has 0 saturated carbocycles. The Balaban J connectivity index is 0.00000450. The molecule has 2 N–H and O–H groups in total. The molecule has 2 rings (SSSR count). The van der Waals surface area contributed by atoms with E-state index in [-0.39, 0.29) is 30.1 Å². The number of hydrogen-bond acceptors (Lipinski definition) is 4. The van der Waals surface area contributed by atoms with Crippen molar-refractivity contribution in [2.24, 2.45) is 12.0 Å². The van der Waals surface area contributed by atoms with Gasteiger partial charge in [0.1, 0.15) is 5.60 Å². The lowest BCUT2D eigenvalue weighted by Gasteiger charge is -2.24. The molecule has 1 aromatic heterocycles. The van der Waals surface area contributed by atoms with E-state index in [0.29, 0.717) is 19.6 Å². The molecule has 0 aliphatic heterocycles. The molecule has 1 heterocycles. The van der Waals surface area contributed by atoms with Crippen LogP contribution in [0.4, 0.5) is 4.79 Å². The molecule has 0 atom stereocenters. The minimum Gasteiger partial charge on any atom is -0.444 e. The van der Waals surface area contributed by atoms with Crippen LogP contribution in [0.2, 0.25) is 0 Å². The highest BCUT2D eigenvalue weighted by atomic mass is 127. The average Bonchev–Trinajstić information content (AvgIpc) is 3.07. The SMILES string of the molecule is CN=C(NCc1ccc(CN(C)C(=O)OC(C)(C)C)cc1)NCc1cnn(C)c1.I. The number of benzene rings is 1. The molecule has 0 radical (unpaired) electrons. The van der Waals surface area contributed by atoms with Crippen molar-refractivity contribution in [1.29, 1.82) is 0 Å². The van der Waals surface area contributed by atoms with Crippen LogP contribution in [0.5, 0.6) is 0 Å². The maximum atomic E-state index is 12.1. The summed E-state index contributed by atoms with van der Waals surface area (Å²) in [4.78, 5) is 17.9. The molecule has 0 aliphatic rings. The Hall–Kier alpha value is -2.30. The molecule has 9 heteroatoms. The highest BCUT2D eigenvalue weighted by Gasteiger charge is 2.19. The number of aliphatic imine (C=N–C) groups is 1. The number of carbonyl (C=O) groups is 1. The highest BCUT2D eigenvalue weighted by Crippen LogP contribution is 2.12. The smallest absolute Gasteiger partial charge is 0.410 e. The van der Waals surface area contributed by atoms with Gasteiger partial charge < -0.3 is 20.3 Å². The zero-order chi connectivity index (χ0) is 21.4. The van der Waals surface area contributed by atoms with E-state index in [1.807, 2.05) is 64.5 Å². The molecular formula is C21H33IN6O2. The summed E-state index contributed by atoms with van der Waals surface area (Å²) in [6.07, 6.45) is 3.47. The molecule has 166 valence electrons. The second-order valence-corrected chi connectivity index (χ2v) is 7.95. The first-order valence-corrected chi connectivity index (χ1v) is 9.60. The third-order valence-electron chi connectivity index (χ3n) is 4.05. The van der Waals surface area contributed by atoms with Gasteiger partial charge in [-0.3, -0.25) is 9.67 Å². The van der Waals surface area contributed by atoms with Gasteiger partial charge in [-0.15, -0.1) is 24.0 Å². The Morgan fingerprint density at radius 2 is 1.70 bits per heavy atom. The Labute approximate surface area is 196 Å². The zero-order valence-electron chi connectivity index (χ0n) is 18.6. The first-order valence-electron chi connectivity index (χ1n) is 9.60. The third-order valence-corrected chi connectivity index (χ3v) is 4.05. The molecular weight excluding hydrogens is 495 g/mol. The molecule has 2 aromatic rings. The largest absolute Gasteiger partial charge is 0.444 e. The number of hydrogen-bond donors (Lipinski definition) is 2. The fourth-order valence-electron chi connectivity index (χ4n) is 2.60. The maximum absolute atomic E-state index is 12.1. The van der Waals surface area contributed by atoms with Gasteiger partial charge in [0.05, 0.1) is 6.20 Å². The van der Waals surface area contributed by atoms with E-state index in [0.717, 1.165) is 22.6 Å². The summed E-state index contributed by atoms with van der Waals surface area (Å²) in [5.41, 5.74) is 2.76. The predicted molar refractivity (Wildman–Crippen MR) is 130 cm³/mol. The molecule has 0 fully saturated rings. The molecule has 1 amide bonds. The van der Waals surface area contributed by atoms with E-state index in [4.69, 9.17) is 4.74 Å². The Morgan fingerprint density at radius 1 is 1.13 bits per heavy atom. The molecule has 1 aromatic carbocycles. The van der Waals surface area contributed by atoms with Crippen molar-refractivity contribution >= 4 is 36.0 Å². The fourth-order valence-corrected chi connectivity index (χ4v) is 2.60. The molecule has 0 aliphatic carbocycles. The maximum Gasteiger partial charge on any atom is 0.410 e. The van der Waals surface area contributed by atoms with Crippen LogP contribution in [0, 0.1) is 0 Å². The Kier molecular flexibility index (Phi) is 10.1. The van der Waals surface area contributed by atoms with Crippen molar-refractivity contribution in [2.75, 3.05) is 14.1 Å². The van der Waals surface area contributed by atoms with Crippen molar-refractivity contribution in [3.63, 3.8) is 0 Å². The van der Waals surface area contributed by atoms with Crippen LogP contribution in [-0.4, -0.2) is 46.4 Å². The van der Waals surface area contributed by atoms with Gasteiger partial charge in [0, 0.05) is 52.5 Å². The lowest BCUT2D eigenvalue weighted by Crippen LogP contribution is -2.36. The monoisotopic (exact) mass is 528 g/mol. The second kappa shape index (κ2) is 11.8. The van der Waals surface area contributed by atoms with Crippen LogP contribution in [0.3, 0.4) is 0 Å². The van der Waals surface area contributed by atoms with Gasteiger partial charge in [0.25, 0.3) is 0 Å². The summed E-state index contributed by atoms with van der Waals surface area (Å²) in [5, 5.41) is 10.7. The third kappa shape index (κ3) is 9.02.